The summed E-state index contributed by atoms with van der Waals surface area (Å²) in [6.07, 6.45) is -3.08. The Morgan fingerprint density at radius 1 is 1.35 bits per heavy atom. The molecule has 0 bridgehead atoms. The number of nitrogens with zero attached hydrogens (tertiary/aromatic N) is 1. The van der Waals surface area contributed by atoms with E-state index in [0.717, 1.165) is 6.20 Å². The lowest BCUT2D eigenvalue weighted by Gasteiger charge is -2.24. The molecular formula is C11H12F4N2. The Hall–Kier alpha value is -1.17. The predicted octanol–water partition coefficient (Wildman–Crippen LogP) is 2.97. The van der Waals surface area contributed by atoms with Crippen molar-refractivity contribution in [1.82, 2.24) is 10.3 Å². The topological polar surface area (TPSA) is 24.9 Å². The molecule has 94 valence electrons. The molecule has 1 aromatic rings. The van der Waals surface area contributed by atoms with Gasteiger partial charge in [-0.05, 0) is 31.9 Å². The summed E-state index contributed by atoms with van der Waals surface area (Å²) >= 11 is 0. The minimum absolute atomic E-state index is 0.0854. The second-order valence-electron chi connectivity index (χ2n) is 4.35. The van der Waals surface area contributed by atoms with Gasteiger partial charge in [-0.25, -0.2) is 4.39 Å². The molecule has 0 aromatic carbocycles. The van der Waals surface area contributed by atoms with E-state index in [0.29, 0.717) is 5.69 Å². The Labute approximate surface area is 96.0 Å². The van der Waals surface area contributed by atoms with Gasteiger partial charge in [0.1, 0.15) is 11.4 Å². The maximum atomic E-state index is 12.7. The Morgan fingerprint density at radius 2 is 2.00 bits per heavy atom. The molecule has 1 aliphatic carbocycles. The number of pyridine rings is 1. The van der Waals surface area contributed by atoms with Crippen molar-refractivity contribution >= 4 is 0 Å². The van der Waals surface area contributed by atoms with Gasteiger partial charge in [0.2, 0.25) is 0 Å². The summed E-state index contributed by atoms with van der Waals surface area (Å²) in [4.78, 5) is 3.77. The lowest BCUT2D eigenvalue weighted by Crippen LogP contribution is -2.46. The van der Waals surface area contributed by atoms with Gasteiger partial charge < -0.3 is 0 Å². The van der Waals surface area contributed by atoms with Gasteiger partial charge in [-0.1, -0.05) is 0 Å². The number of alkyl halides is 3. The van der Waals surface area contributed by atoms with E-state index in [4.69, 9.17) is 0 Å². The van der Waals surface area contributed by atoms with Crippen LogP contribution in [0.15, 0.2) is 18.3 Å². The van der Waals surface area contributed by atoms with Crippen LogP contribution < -0.4 is 5.32 Å². The average Bonchev–Trinajstić information content (AvgIpc) is 2.98. The molecule has 17 heavy (non-hydrogen) atoms. The fraction of sp³-hybridized carbons (Fsp3) is 0.545. The number of hydrogen-bond donors (Lipinski definition) is 1. The molecule has 0 saturated heterocycles. The van der Waals surface area contributed by atoms with Crippen LogP contribution in [0.2, 0.25) is 0 Å². The molecule has 1 aliphatic rings. The molecule has 0 radical (unpaired) electrons. The maximum Gasteiger partial charge on any atom is 0.406 e. The monoisotopic (exact) mass is 248 g/mol. The highest BCUT2D eigenvalue weighted by Crippen LogP contribution is 2.50. The largest absolute Gasteiger partial charge is 0.406 e. The van der Waals surface area contributed by atoms with E-state index in [9.17, 15) is 17.6 Å². The van der Waals surface area contributed by atoms with Crippen molar-refractivity contribution in [2.75, 3.05) is 0 Å². The molecule has 1 saturated carbocycles. The molecule has 2 nitrogen and oxygen atoms in total. The van der Waals surface area contributed by atoms with E-state index < -0.39 is 23.6 Å². The first-order chi connectivity index (χ1) is 7.84. The smallest absolute Gasteiger partial charge is 0.295 e. The second-order valence-corrected chi connectivity index (χ2v) is 4.35. The Bertz CT molecular complexity index is 395. The van der Waals surface area contributed by atoms with Crippen LogP contribution in [0.4, 0.5) is 17.6 Å². The molecule has 1 unspecified atom stereocenters. The van der Waals surface area contributed by atoms with Crippen LogP contribution in [0, 0.1) is 5.82 Å². The zero-order valence-corrected chi connectivity index (χ0v) is 9.18. The summed E-state index contributed by atoms with van der Waals surface area (Å²) in [5.74, 6) is -0.502. The first-order valence-electron chi connectivity index (χ1n) is 5.30. The van der Waals surface area contributed by atoms with Gasteiger partial charge in [0.05, 0.1) is 11.9 Å². The first kappa shape index (κ1) is 12.3. The third-order valence-corrected chi connectivity index (χ3v) is 2.98. The molecule has 6 heteroatoms. The van der Waals surface area contributed by atoms with E-state index in [1.807, 2.05) is 0 Å². The third-order valence-electron chi connectivity index (χ3n) is 2.98. The summed E-state index contributed by atoms with van der Waals surface area (Å²) < 4.78 is 50.7. The van der Waals surface area contributed by atoms with Gasteiger partial charge in [-0.2, -0.15) is 13.2 Å². The molecule has 2 rings (SSSR count). The zero-order valence-electron chi connectivity index (χ0n) is 9.18. The van der Waals surface area contributed by atoms with E-state index >= 15 is 0 Å². The molecule has 0 amide bonds. The highest BCUT2D eigenvalue weighted by atomic mass is 19.4. The van der Waals surface area contributed by atoms with Crippen LogP contribution >= 0.6 is 0 Å². The van der Waals surface area contributed by atoms with Crippen LogP contribution in [0.5, 0.6) is 0 Å². The van der Waals surface area contributed by atoms with Crippen molar-refractivity contribution in [3.8, 4) is 0 Å². The van der Waals surface area contributed by atoms with Crippen LogP contribution in [0.3, 0.4) is 0 Å². The average molecular weight is 248 g/mol. The molecule has 1 heterocycles. The highest BCUT2D eigenvalue weighted by Gasteiger charge is 2.63. The molecule has 1 aromatic heterocycles. The van der Waals surface area contributed by atoms with Gasteiger partial charge in [0.25, 0.3) is 0 Å². The number of rotatable bonds is 3. The number of nitrogens with one attached hydrogen (secondary N) is 1. The van der Waals surface area contributed by atoms with Gasteiger partial charge >= 0.3 is 6.18 Å². The number of halogens is 4. The first-order valence-corrected chi connectivity index (χ1v) is 5.30. The second kappa shape index (κ2) is 3.94. The summed E-state index contributed by atoms with van der Waals surface area (Å²) in [7, 11) is 0. The normalized spacial score (nSPS) is 20.1. The van der Waals surface area contributed by atoms with Crippen LogP contribution in [0.25, 0.3) is 0 Å². The van der Waals surface area contributed by atoms with Crippen molar-refractivity contribution in [3.05, 3.63) is 29.8 Å². The highest BCUT2D eigenvalue weighted by molar-refractivity contribution is 5.14. The fourth-order valence-electron chi connectivity index (χ4n) is 1.77. The van der Waals surface area contributed by atoms with Crippen LogP contribution in [-0.2, 0) is 0 Å². The van der Waals surface area contributed by atoms with Crippen molar-refractivity contribution < 1.29 is 17.6 Å². The summed E-state index contributed by atoms with van der Waals surface area (Å²) in [5.41, 5.74) is -1.37. The SMILES string of the molecule is CC(NC1(C(F)(F)F)CC1)c1ccc(F)cn1. The van der Waals surface area contributed by atoms with Crippen molar-refractivity contribution in [2.24, 2.45) is 0 Å². The van der Waals surface area contributed by atoms with Crippen molar-refractivity contribution in [2.45, 2.75) is 37.5 Å². The minimum Gasteiger partial charge on any atom is -0.295 e. The molecule has 1 N–H and O–H groups in total. The standard InChI is InChI=1S/C11H12F4N2/c1-7(9-3-2-8(12)6-16-9)17-10(4-5-10)11(13,14)15/h2-3,6-7,17H,4-5H2,1H3. The Kier molecular flexibility index (Phi) is 2.85. The van der Waals surface area contributed by atoms with Crippen LogP contribution in [-0.4, -0.2) is 16.7 Å². The van der Waals surface area contributed by atoms with E-state index in [-0.39, 0.29) is 12.8 Å². The summed E-state index contributed by atoms with van der Waals surface area (Å²) in [6, 6.07) is 2.02. The van der Waals surface area contributed by atoms with Gasteiger partial charge in [-0.15, -0.1) is 0 Å². The molecule has 1 fully saturated rings. The molecule has 0 spiro atoms. The Balaban J connectivity index is 2.07. The number of aromatic nitrogens is 1. The van der Waals surface area contributed by atoms with Gasteiger partial charge in [-0.3, -0.25) is 10.3 Å². The van der Waals surface area contributed by atoms with E-state index in [2.05, 4.69) is 10.3 Å². The number of hydrogen-bond acceptors (Lipinski definition) is 2. The lowest BCUT2D eigenvalue weighted by atomic mass is 10.1. The minimum atomic E-state index is -4.25. The summed E-state index contributed by atoms with van der Waals surface area (Å²) in [5, 5.41) is 2.53. The predicted molar refractivity (Wildman–Crippen MR) is 53.8 cm³/mol. The quantitative estimate of drug-likeness (QED) is 0.832. The van der Waals surface area contributed by atoms with Gasteiger partial charge in [0, 0.05) is 6.04 Å². The molecular weight excluding hydrogens is 236 g/mol. The fourth-order valence-corrected chi connectivity index (χ4v) is 1.77. The van der Waals surface area contributed by atoms with E-state index in [1.54, 1.807) is 6.92 Å². The van der Waals surface area contributed by atoms with Crippen molar-refractivity contribution in [1.29, 1.82) is 0 Å². The zero-order chi connectivity index (χ0) is 12.7. The molecule has 0 aliphatic heterocycles. The van der Waals surface area contributed by atoms with Crippen LogP contribution in [0.1, 0.15) is 31.5 Å². The Morgan fingerprint density at radius 3 is 2.41 bits per heavy atom. The van der Waals surface area contributed by atoms with E-state index in [1.165, 1.54) is 12.1 Å². The third kappa shape index (κ3) is 2.41. The van der Waals surface area contributed by atoms with Gasteiger partial charge in [0.15, 0.2) is 0 Å². The summed E-state index contributed by atoms with van der Waals surface area (Å²) in [6.45, 7) is 1.59. The lowest BCUT2D eigenvalue weighted by molar-refractivity contribution is -0.167. The molecule has 1 atom stereocenters. The van der Waals surface area contributed by atoms with Crippen molar-refractivity contribution in [3.63, 3.8) is 0 Å². The maximum absolute atomic E-state index is 12.7.